The molecular formula is C17H27F2N. The number of benzene rings is 1. The van der Waals surface area contributed by atoms with Gasteiger partial charge in [0.05, 0.1) is 0 Å². The zero-order valence-electron chi connectivity index (χ0n) is 13.0. The van der Waals surface area contributed by atoms with Gasteiger partial charge in [-0.15, -0.1) is 0 Å². The predicted octanol–water partition coefficient (Wildman–Crippen LogP) is 4.73. The molecule has 0 heterocycles. The minimum atomic E-state index is -0.510. The highest BCUT2D eigenvalue weighted by molar-refractivity contribution is 5.24. The molecule has 0 saturated carbocycles. The molecule has 0 spiro atoms. The number of halogens is 2. The first kappa shape index (κ1) is 17.1. The molecule has 0 fully saturated rings. The van der Waals surface area contributed by atoms with E-state index in [1.807, 2.05) is 0 Å². The number of hydrogen-bond acceptors (Lipinski definition) is 1. The average Bonchev–Trinajstić information content (AvgIpc) is 2.38. The van der Waals surface area contributed by atoms with Crippen LogP contribution in [0.15, 0.2) is 18.2 Å². The molecule has 0 aromatic heterocycles. The van der Waals surface area contributed by atoms with E-state index in [2.05, 4.69) is 33.0 Å². The van der Waals surface area contributed by atoms with E-state index in [0.29, 0.717) is 17.4 Å². The maximum atomic E-state index is 14.1. The first-order valence-electron chi connectivity index (χ1n) is 7.65. The second kappa shape index (κ2) is 8.35. The Morgan fingerprint density at radius 1 is 1.05 bits per heavy atom. The summed E-state index contributed by atoms with van der Waals surface area (Å²) in [6.07, 6.45) is 2.00. The first-order chi connectivity index (χ1) is 9.49. The number of nitrogens with one attached hydrogen (secondary N) is 1. The highest BCUT2D eigenvalue weighted by atomic mass is 19.1. The van der Waals surface area contributed by atoms with E-state index in [0.717, 1.165) is 32.0 Å². The molecule has 1 aromatic rings. The van der Waals surface area contributed by atoms with Gasteiger partial charge >= 0.3 is 0 Å². The Kier molecular flexibility index (Phi) is 7.14. The normalized spacial score (nSPS) is 13.2. The smallest absolute Gasteiger partial charge is 0.129 e. The molecule has 1 unspecified atom stereocenters. The topological polar surface area (TPSA) is 12.0 Å². The van der Waals surface area contributed by atoms with Gasteiger partial charge in [0.25, 0.3) is 0 Å². The average molecular weight is 283 g/mol. The van der Waals surface area contributed by atoms with Crippen molar-refractivity contribution in [3.8, 4) is 0 Å². The van der Waals surface area contributed by atoms with Gasteiger partial charge < -0.3 is 5.32 Å². The Morgan fingerprint density at radius 3 is 2.20 bits per heavy atom. The van der Waals surface area contributed by atoms with Crippen LogP contribution < -0.4 is 5.32 Å². The number of hydrogen-bond donors (Lipinski definition) is 1. The Bertz CT molecular complexity index is 400. The Labute approximate surface area is 121 Å². The zero-order chi connectivity index (χ0) is 15.1. The van der Waals surface area contributed by atoms with Crippen LogP contribution in [-0.2, 0) is 0 Å². The van der Waals surface area contributed by atoms with Crippen molar-refractivity contribution in [2.24, 2.45) is 11.8 Å². The zero-order valence-corrected chi connectivity index (χ0v) is 13.0. The Balaban J connectivity index is 2.90. The monoisotopic (exact) mass is 283 g/mol. The predicted molar refractivity (Wildman–Crippen MR) is 80.9 cm³/mol. The van der Waals surface area contributed by atoms with Gasteiger partial charge in [-0.3, -0.25) is 0 Å². The molecule has 0 aliphatic carbocycles. The lowest BCUT2D eigenvalue weighted by molar-refractivity contribution is 0.363. The van der Waals surface area contributed by atoms with Gasteiger partial charge in [-0.1, -0.05) is 46.6 Å². The molecule has 3 heteroatoms. The summed E-state index contributed by atoms with van der Waals surface area (Å²) < 4.78 is 27.1. The molecule has 0 amide bonds. The summed E-state index contributed by atoms with van der Waals surface area (Å²) in [5.41, 5.74) is 0.636. The molecule has 1 atom stereocenters. The van der Waals surface area contributed by atoms with Crippen molar-refractivity contribution in [1.82, 2.24) is 5.32 Å². The van der Waals surface area contributed by atoms with Crippen LogP contribution in [0.2, 0.25) is 0 Å². The maximum absolute atomic E-state index is 14.1. The van der Waals surface area contributed by atoms with E-state index in [1.54, 1.807) is 6.07 Å². The Morgan fingerprint density at radius 2 is 1.70 bits per heavy atom. The molecule has 0 bridgehead atoms. The summed E-state index contributed by atoms with van der Waals surface area (Å²) in [6, 6.07) is 3.95. The van der Waals surface area contributed by atoms with Gasteiger partial charge in [-0.05, 0) is 30.0 Å². The minimum absolute atomic E-state index is 0.101. The Hall–Kier alpha value is -0.960. The van der Waals surface area contributed by atoms with Crippen LogP contribution in [0.25, 0.3) is 0 Å². The van der Waals surface area contributed by atoms with Crippen molar-refractivity contribution >= 4 is 0 Å². The molecule has 1 nitrogen and oxygen atoms in total. The lowest BCUT2D eigenvalue weighted by Crippen LogP contribution is -2.29. The number of rotatable bonds is 8. The molecule has 1 N–H and O–H groups in total. The van der Waals surface area contributed by atoms with E-state index in [4.69, 9.17) is 0 Å². The molecule has 0 saturated heterocycles. The summed E-state index contributed by atoms with van der Waals surface area (Å²) in [5.74, 6) is 0.146. The van der Waals surface area contributed by atoms with Gasteiger partial charge in [0, 0.05) is 18.5 Å². The largest absolute Gasteiger partial charge is 0.316 e. The lowest BCUT2D eigenvalue weighted by Gasteiger charge is -2.27. The van der Waals surface area contributed by atoms with Crippen LogP contribution in [0.1, 0.15) is 52.0 Å². The van der Waals surface area contributed by atoms with Crippen LogP contribution in [0.4, 0.5) is 8.78 Å². The van der Waals surface area contributed by atoms with Gasteiger partial charge in [-0.25, -0.2) is 8.78 Å². The fourth-order valence-corrected chi connectivity index (χ4v) is 2.72. The van der Waals surface area contributed by atoms with Gasteiger partial charge in [0.15, 0.2) is 0 Å². The van der Waals surface area contributed by atoms with Crippen molar-refractivity contribution in [3.63, 3.8) is 0 Å². The molecule has 0 radical (unpaired) electrons. The molecule has 1 aromatic carbocycles. The highest BCUT2D eigenvalue weighted by Gasteiger charge is 2.23. The first-order valence-corrected chi connectivity index (χ1v) is 7.65. The standard InChI is InChI=1S/C17H27F2N/c1-5-13(6-2)16(11-20-10-12(3)4)15-8-7-14(18)9-17(15)19/h7-9,12-13,16,20H,5-6,10-11H2,1-4H3. The second-order valence-electron chi connectivity index (χ2n) is 5.90. The van der Waals surface area contributed by atoms with Crippen molar-refractivity contribution < 1.29 is 8.78 Å². The van der Waals surface area contributed by atoms with Crippen molar-refractivity contribution in [1.29, 1.82) is 0 Å². The second-order valence-corrected chi connectivity index (χ2v) is 5.90. The fourth-order valence-electron chi connectivity index (χ4n) is 2.72. The fraction of sp³-hybridized carbons (Fsp3) is 0.647. The summed E-state index contributed by atoms with van der Waals surface area (Å²) in [5, 5.41) is 3.41. The van der Waals surface area contributed by atoms with Crippen LogP contribution in [0, 0.1) is 23.5 Å². The minimum Gasteiger partial charge on any atom is -0.316 e. The molecular weight excluding hydrogens is 256 g/mol. The van der Waals surface area contributed by atoms with Gasteiger partial charge in [0.1, 0.15) is 11.6 Å². The summed E-state index contributed by atoms with van der Waals surface area (Å²) >= 11 is 0. The quantitative estimate of drug-likeness (QED) is 0.727. The molecule has 0 aliphatic rings. The highest BCUT2D eigenvalue weighted by Crippen LogP contribution is 2.31. The van der Waals surface area contributed by atoms with Crippen molar-refractivity contribution in [2.75, 3.05) is 13.1 Å². The van der Waals surface area contributed by atoms with E-state index in [9.17, 15) is 8.78 Å². The maximum Gasteiger partial charge on any atom is 0.129 e. The SMILES string of the molecule is CCC(CC)C(CNCC(C)C)c1ccc(F)cc1F. The third-order valence-electron chi connectivity index (χ3n) is 3.90. The molecule has 114 valence electrons. The third-order valence-corrected chi connectivity index (χ3v) is 3.90. The third kappa shape index (κ3) is 4.86. The summed E-state index contributed by atoms with van der Waals surface area (Å²) in [7, 11) is 0. The molecule has 20 heavy (non-hydrogen) atoms. The van der Waals surface area contributed by atoms with Crippen molar-refractivity contribution in [2.45, 2.75) is 46.5 Å². The van der Waals surface area contributed by atoms with E-state index >= 15 is 0 Å². The summed E-state index contributed by atoms with van der Waals surface area (Å²) in [4.78, 5) is 0. The van der Waals surface area contributed by atoms with Crippen molar-refractivity contribution in [3.05, 3.63) is 35.4 Å². The molecule has 1 rings (SSSR count). The van der Waals surface area contributed by atoms with E-state index < -0.39 is 11.6 Å². The van der Waals surface area contributed by atoms with Gasteiger partial charge in [0.2, 0.25) is 0 Å². The van der Waals surface area contributed by atoms with E-state index in [-0.39, 0.29) is 5.92 Å². The van der Waals surface area contributed by atoms with Crippen LogP contribution in [0.5, 0.6) is 0 Å². The van der Waals surface area contributed by atoms with E-state index in [1.165, 1.54) is 6.07 Å². The lowest BCUT2D eigenvalue weighted by atomic mass is 9.82. The summed E-state index contributed by atoms with van der Waals surface area (Å²) in [6.45, 7) is 10.2. The van der Waals surface area contributed by atoms with Crippen LogP contribution >= 0.6 is 0 Å². The van der Waals surface area contributed by atoms with Crippen LogP contribution in [-0.4, -0.2) is 13.1 Å². The molecule has 0 aliphatic heterocycles. The van der Waals surface area contributed by atoms with Crippen LogP contribution in [0.3, 0.4) is 0 Å². The van der Waals surface area contributed by atoms with Gasteiger partial charge in [-0.2, -0.15) is 0 Å².